The van der Waals surface area contributed by atoms with Gasteiger partial charge < -0.3 is 10.3 Å². The average molecular weight is 336 g/mol. The van der Waals surface area contributed by atoms with E-state index >= 15 is 0 Å². The Morgan fingerprint density at radius 1 is 1.16 bits per heavy atom. The van der Waals surface area contributed by atoms with Gasteiger partial charge in [0.15, 0.2) is 5.78 Å². The van der Waals surface area contributed by atoms with Gasteiger partial charge in [-0.2, -0.15) is 0 Å². The molecule has 1 fully saturated rings. The van der Waals surface area contributed by atoms with Crippen LogP contribution in [0.4, 0.5) is 10.1 Å². The third kappa shape index (κ3) is 2.61. The van der Waals surface area contributed by atoms with Gasteiger partial charge in [-0.25, -0.2) is 4.39 Å². The summed E-state index contributed by atoms with van der Waals surface area (Å²) in [7, 11) is 0. The second-order valence-corrected chi connectivity index (χ2v) is 6.57. The summed E-state index contributed by atoms with van der Waals surface area (Å²) >= 11 is 0. The zero-order valence-corrected chi connectivity index (χ0v) is 13.7. The smallest absolute Gasteiger partial charge is 0.235 e. The number of amides is 1. The SMILES string of the molecule is CC(=O)c1cccc(NC(=O)C2(c3c[nH]c4cc(F)ccc34)CC2)c1. The number of aromatic amines is 1. The van der Waals surface area contributed by atoms with Gasteiger partial charge in [0.05, 0.1) is 5.41 Å². The van der Waals surface area contributed by atoms with Crippen molar-refractivity contribution in [2.45, 2.75) is 25.2 Å². The van der Waals surface area contributed by atoms with Crippen molar-refractivity contribution in [2.24, 2.45) is 0 Å². The molecule has 1 heterocycles. The van der Waals surface area contributed by atoms with Crippen molar-refractivity contribution in [3.63, 3.8) is 0 Å². The number of benzene rings is 2. The molecule has 1 aliphatic carbocycles. The summed E-state index contributed by atoms with van der Waals surface area (Å²) < 4.78 is 13.4. The molecular formula is C20H17FN2O2. The van der Waals surface area contributed by atoms with Crippen LogP contribution in [0.25, 0.3) is 10.9 Å². The normalized spacial score (nSPS) is 15.1. The molecule has 0 radical (unpaired) electrons. The monoisotopic (exact) mass is 336 g/mol. The predicted molar refractivity (Wildman–Crippen MR) is 94.2 cm³/mol. The van der Waals surface area contributed by atoms with Gasteiger partial charge in [-0.15, -0.1) is 0 Å². The number of aromatic nitrogens is 1. The number of carbonyl (C=O) groups is 2. The Hall–Kier alpha value is -2.95. The van der Waals surface area contributed by atoms with Crippen LogP contribution in [0.15, 0.2) is 48.7 Å². The van der Waals surface area contributed by atoms with E-state index in [4.69, 9.17) is 0 Å². The average Bonchev–Trinajstić information content (AvgIpc) is 3.29. The Kier molecular flexibility index (Phi) is 3.46. The second kappa shape index (κ2) is 5.55. The second-order valence-electron chi connectivity index (χ2n) is 6.57. The molecule has 0 atom stereocenters. The lowest BCUT2D eigenvalue weighted by Crippen LogP contribution is -2.27. The number of halogens is 1. The molecule has 1 saturated carbocycles. The number of rotatable bonds is 4. The van der Waals surface area contributed by atoms with Crippen molar-refractivity contribution in [1.82, 2.24) is 4.98 Å². The molecule has 0 saturated heterocycles. The van der Waals surface area contributed by atoms with Crippen molar-refractivity contribution >= 4 is 28.3 Å². The van der Waals surface area contributed by atoms with Crippen molar-refractivity contribution in [3.8, 4) is 0 Å². The van der Waals surface area contributed by atoms with Gasteiger partial charge in [0.1, 0.15) is 5.82 Å². The van der Waals surface area contributed by atoms with Gasteiger partial charge >= 0.3 is 0 Å². The summed E-state index contributed by atoms with van der Waals surface area (Å²) in [5, 5.41) is 3.79. The molecule has 1 amide bonds. The minimum absolute atomic E-state index is 0.0455. The number of fused-ring (bicyclic) bond motifs is 1. The molecule has 25 heavy (non-hydrogen) atoms. The summed E-state index contributed by atoms with van der Waals surface area (Å²) in [6.45, 7) is 1.49. The summed E-state index contributed by atoms with van der Waals surface area (Å²) in [5.74, 6) is -0.453. The largest absolute Gasteiger partial charge is 0.361 e. The number of anilines is 1. The van der Waals surface area contributed by atoms with Crippen LogP contribution in [0.5, 0.6) is 0 Å². The van der Waals surface area contributed by atoms with E-state index < -0.39 is 5.41 Å². The van der Waals surface area contributed by atoms with E-state index in [0.29, 0.717) is 16.8 Å². The van der Waals surface area contributed by atoms with Crippen LogP contribution >= 0.6 is 0 Å². The van der Waals surface area contributed by atoms with Crippen LogP contribution < -0.4 is 5.32 Å². The van der Waals surface area contributed by atoms with Crippen LogP contribution in [0.1, 0.15) is 35.7 Å². The van der Waals surface area contributed by atoms with Crippen molar-refractivity contribution in [1.29, 1.82) is 0 Å². The highest BCUT2D eigenvalue weighted by Gasteiger charge is 2.52. The highest BCUT2D eigenvalue weighted by atomic mass is 19.1. The predicted octanol–water partition coefficient (Wildman–Crippen LogP) is 4.18. The van der Waals surface area contributed by atoms with E-state index in [1.54, 1.807) is 36.5 Å². The number of H-pyrrole nitrogens is 1. The van der Waals surface area contributed by atoms with Crippen LogP contribution in [-0.4, -0.2) is 16.7 Å². The van der Waals surface area contributed by atoms with Crippen LogP contribution in [0, 0.1) is 5.82 Å². The zero-order valence-electron chi connectivity index (χ0n) is 13.7. The molecule has 2 N–H and O–H groups in total. The minimum atomic E-state index is -0.595. The van der Waals surface area contributed by atoms with Crippen molar-refractivity contribution < 1.29 is 14.0 Å². The van der Waals surface area contributed by atoms with Crippen LogP contribution in [-0.2, 0) is 10.2 Å². The highest BCUT2D eigenvalue weighted by Crippen LogP contribution is 2.51. The number of ketones is 1. The molecule has 3 aromatic rings. The first-order valence-electron chi connectivity index (χ1n) is 8.19. The van der Waals surface area contributed by atoms with Crippen molar-refractivity contribution in [3.05, 3.63) is 65.6 Å². The molecule has 4 nitrogen and oxygen atoms in total. The fraction of sp³-hybridized carbons (Fsp3) is 0.200. The molecule has 1 aliphatic rings. The number of nitrogens with one attached hydrogen (secondary N) is 2. The Morgan fingerprint density at radius 3 is 2.68 bits per heavy atom. The molecule has 0 unspecified atom stereocenters. The first-order chi connectivity index (χ1) is 12.0. The van der Waals surface area contributed by atoms with Gasteiger partial charge in [-0.05, 0) is 55.7 Å². The van der Waals surface area contributed by atoms with E-state index in [2.05, 4.69) is 10.3 Å². The standard InChI is InChI=1S/C20H17FN2O2/c1-12(24)13-3-2-4-15(9-13)23-19(25)20(7-8-20)17-11-22-18-10-14(21)5-6-16(17)18/h2-6,9-11,22H,7-8H2,1H3,(H,23,25). The number of Topliss-reactive ketones (excluding diaryl/α,β-unsaturated/α-hetero) is 1. The van der Waals surface area contributed by atoms with Crippen LogP contribution in [0.3, 0.4) is 0 Å². The van der Waals surface area contributed by atoms with E-state index in [9.17, 15) is 14.0 Å². The van der Waals surface area contributed by atoms with Crippen molar-refractivity contribution in [2.75, 3.05) is 5.32 Å². The number of hydrogen-bond donors (Lipinski definition) is 2. The topological polar surface area (TPSA) is 62.0 Å². The third-order valence-electron chi connectivity index (χ3n) is 4.87. The maximum absolute atomic E-state index is 13.4. The van der Waals surface area contributed by atoms with Gasteiger partial charge in [0.25, 0.3) is 0 Å². The molecular weight excluding hydrogens is 319 g/mol. The van der Waals surface area contributed by atoms with Gasteiger partial charge in [-0.1, -0.05) is 12.1 Å². The zero-order chi connectivity index (χ0) is 17.6. The maximum atomic E-state index is 13.4. The van der Waals surface area contributed by atoms with Crippen LogP contribution in [0.2, 0.25) is 0 Å². The lowest BCUT2D eigenvalue weighted by Gasteiger charge is -2.15. The highest BCUT2D eigenvalue weighted by molar-refractivity contribution is 6.05. The Morgan fingerprint density at radius 2 is 1.96 bits per heavy atom. The van der Waals surface area contributed by atoms with Gasteiger partial charge in [-0.3, -0.25) is 9.59 Å². The first-order valence-corrected chi connectivity index (χ1v) is 8.19. The Labute approximate surface area is 144 Å². The lowest BCUT2D eigenvalue weighted by atomic mass is 9.94. The first kappa shape index (κ1) is 15.6. The molecule has 4 rings (SSSR count). The Bertz CT molecular complexity index is 1000. The number of hydrogen-bond acceptors (Lipinski definition) is 2. The molecule has 0 aliphatic heterocycles. The summed E-state index contributed by atoms with van der Waals surface area (Å²) in [6.07, 6.45) is 3.29. The fourth-order valence-electron chi connectivity index (χ4n) is 3.30. The summed E-state index contributed by atoms with van der Waals surface area (Å²) in [5.41, 5.74) is 2.15. The lowest BCUT2D eigenvalue weighted by molar-refractivity contribution is -0.118. The fourth-order valence-corrected chi connectivity index (χ4v) is 3.30. The molecule has 0 bridgehead atoms. The quantitative estimate of drug-likeness (QED) is 0.702. The molecule has 0 spiro atoms. The van der Waals surface area contributed by atoms with E-state index in [1.165, 1.54) is 19.1 Å². The molecule has 1 aromatic heterocycles. The number of carbonyl (C=O) groups excluding carboxylic acids is 2. The van der Waals surface area contributed by atoms with E-state index in [1.807, 2.05) is 0 Å². The van der Waals surface area contributed by atoms with E-state index in [-0.39, 0.29) is 17.5 Å². The molecule has 5 heteroatoms. The molecule has 126 valence electrons. The van der Waals surface area contributed by atoms with Gasteiger partial charge in [0, 0.05) is 28.4 Å². The summed E-state index contributed by atoms with van der Waals surface area (Å²) in [4.78, 5) is 27.5. The molecule has 2 aromatic carbocycles. The summed E-state index contributed by atoms with van der Waals surface area (Å²) in [6, 6.07) is 11.5. The third-order valence-corrected chi connectivity index (χ3v) is 4.87. The van der Waals surface area contributed by atoms with E-state index in [0.717, 1.165) is 23.8 Å². The maximum Gasteiger partial charge on any atom is 0.235 e. The van der Waals surface area contributed by atoms with Gasteiger partial charge in [0.2, 0.25) is 5.91 Å². The minimum Gasteiger partial charge on any atom is -0.361 e. The Balaban J connectivity index is 1.65.